The van der Waals surface area contributed by atoms with Crippen LogP contribution in [0.4, 0.5) is 8.78 Å². The Balaban J connectivity index is 1.65. The molecule has 4 aromatic rings. The van der Waals surface area contributed by atoms with E-state index in [-0.39, 0.29) is 17.2 Å². The minimum Gasteiger partial charge on any atom is -0.276 e. The fourth-order valence-electron chi connectivity index (χ4n) is 4.56. The van der Waals surface area contributed by atoms with E-state index in [0.717, 1.165) is 41.9 Å². The van der Waals surface area contributed by atoms with Crippen LogP contribution in [0.25, 0.3) is 22.6 Å². The van der Waals surface area contributed by atoms with Gasteiger partial charge in [-0.1, -0.05) is 13.0 Å². The van der Waals surface area contributed by atoms with Gasteiger partial charge in [0.05, 0.1) is 33.8 Å². The summed E-state index contributed by atoms with van der Waals surface area (Å²) in [6.45, 7) is 4.16. The lowest BCUT2D eigenvalue weighted by atomic mass is 9.69. The Morgan fingerprint density at radius 2 is 1.88 bits per heavy atom. The van der Waals surface area contributed by atoms with E-state index in [1.54, 1.807) is 18.5 Å². The number of hydrogen-bond acceptors (Lipinski definition) is 5. The maximum absolute atomic E-state index is 14.4. The highest BCUT2D eigenvalue weighted by Gasteiger charge is 2.41. The summed E-state index contributed by atoms with van der Waals surface area (Å²) in [5.41, 5.74) is 2.73. The zero-order valence-corrected chi connectivity index (χ0v) is 17.8. The number of rotatable bonds is 4. The Bertz CT molecular complexity index is 1250. The Morgan fingerprint density at radius 3 is 2.59 bits per heavy atom. The predicted octanol–water partition coefficient (Wildman–Crippen LogP) is 5.20. The summed E-state index contributed by atoms with van der Waals surface area (Å²) in [4.78, 5) is 9.37. The van der Waals surface area contributed by atoms with Crippen molar-refractivity contribution in [2.75, 3.05) is 0 Å². The van der Waals surface area contributed by atoms with E-state index in [4.69, 9.17) is 4.98 Å². The smallest absolute Gasteiger partial charge is 0.140 e. The molecule has 1 aliphatic rings. The van der Waals surface area contributed by atoms with Crippen molar-refractivity contribution in [1.82, 2.24) is 30.4 Å². The first-order valence-corrected chi connectivity index (χ1v) is 10.7. The number of benzene rings is 1. The van der Waals surface area contributed by atoms with Gasteiger partial charge in [-0.25, -0.2) is 18.7 Å². The van der Waals surface area contributed by atoms with Gasteiger partial charge in [0, 0.05) is 12.4 Å². The standard InChI is InChI=1S/C24H22F2N6/c1-3-14-7-10-24(2,23-27-11-8-18(29-23)19-9-12-28-30-19)22-15(14)13-20(31-32-22)21-16(25)5-4-6-17(21)26/h4-6,8-9,11-14H,3,7,10H2,1-2H3,(H,28,30)/t14-,24-/m1/s1. The monoisotopic (exact) mass is 432 g/mol. The van der Waals surface area contributed by atoms with Gasteiger partial charge < -0.3 is 0 Å². The van der Waals surface area contributed by atoms with Gasteiger partial charge >= 0.3 is 0 Å². The molecule has 0 spiro atoms. The molecule has 0 amide bonds. The van der Waals surface area contributed by atoms with Crippen LogP contribution in [-0.2, 0) is 5.41 Å². The average Bonchev–Trinajstić information content (AvgIpc) is 3.34. The molecule has 0 fully saturated rings. The zero-order chi connectivity index (χ0) is 22.3. The number of nitrogens with one attached hydrogen (secondary N) is 1. The van der Waals surface area contributed by atoms with Crippen molar-refractivity contribution in [3.63, 3.8) is 0 Å². The summed E-state index contributed by atoms with van der Waals surface area (Å²) >= 11 is 0. The van der Waals surface area contributed by atoms with Crippen molar-refractivity contribution >= 4 is 0 Å². The number of H-pyrrole nitrogens is 1. The molecule has 3 aromatic heterocycles. The Morgan fingerprint density at radius 1 is 1.06 bits per heavy atom. The van der Waals surface area contributed by atoms with Gasteiger partial charge in [-0.15, -0.1) is 5.10 Å². The van der Waals surface area contributed by atoms with Gasteiger partial charge in [0.25, 0.3) is 0 Å². The molecule has 6 nitrogen and oxygen atoms in total. The van der Waals surface area contributed by atoms with Gasteiger partial charge in [0.1, 0.15) is 17.5 Å². The van der Waals surface area contributed by atoms with Crippen molar-refractivity contribution in [2.45, 2.75) is 44.4 Å². The van der Waals surface area contributed by atoms with E-state index in [0.29, 0.717) is 5.82 Å². The number of aromatic nitrogens is 6. The highest BCUT2D eigenvalue weighted by atomic mass is 19.1. The van der Waals surface area contributed by atoms with Crippen LogP contribution in [0.2, 0.25) is 0 Å². The van der Waals surface area contributed by atoms with Crippen LogP contribution in [0, 0.1) is 11.6 Å². The second-order valence-corrected chi connectivity index (χ2v) is 8.34. The Labute approximate surface area is 184 Å². The third kappa shape index (κ3) is 3.26. The first kappa shape index (κ1) is 20.4. The van der Waals surface area contributed by atoms with Crippen LogP contribution in [-0.4, -0.2) is 30.4 Å². The molecule has 0 saturated heterocycles. The van der Waals surface area contributed by atoms with E-state index in [9.17, 15) is 8.78 Å². The van der Waals surface area contributed by atoms with Crippen molar-refractivity contribution < 1.29 is 8.78 Å². The van der Waals surface area contributed by atoms with Crippen LogP contribution >= 0.6 is 0 Å². The number of nitrogens with zero attached hydrogens (tertiary/aromatic N) is 5. The lowest BCUT2D eigenvalue weighted by molar-refractivity contribution is 0.381. The maximum atomic E-state index is 14.4. The number of fused-ring (bicyclic) bond motifs is 1. The van der Waals surface area contributed by atoms with Crippen LogP contribution in [0.1, 0.15) is 56.1 Å². The van der Waals surface area contributed by atoms with E-state index >= 15 is 0 Å². The van der Waals surface area contributed by atoms with E-state index in [2.05, 4.69) is 39.2 Å². The molecule has 162 valence electrons. The first-order chi connectivity index (χ1) is 15.5. The number of halogens is 2. The van der Waals surface area contributed by atoms with Crippen molar-refractivity contribution in [3.05, 3.63) is 77.5 Å². The molecule has 1 aromatic carbocycles. The molecule has 3 heterocycles. The fourth-order valence-corrected chi connectivity index (χ4v) is 4.56. The summed E-state index contributed by atoms with van der Waals surface area (Å²) in [5.74, 6) is -0.444. The van der Waals surface area contributed by atoms with Gasteiger partial charge in [-0.2, -0.15) is 10.2 Å². The lowest BCUT2D eigenvalue weighted by Crippen LogP contribution is -2.34. The highest BCUT2D eigenvalue weighted by molar-refractivity contribution is 5.62. The summed E-state index contributed by atoms with van der Waals surface area (Å²) < 4.78 is 28.8. The van der Waals surface area contributed by atoms with Crippen LogP contribution < -0.4 is 0 Å². The molecule has 0 unspecified atom stereocenters. The van der Waals surface area contributed by atoms with Crippen LogP contribution in [0.3, 0.4) is 0 Å². The van der Waals surface area contributed by atoms with Gasteiger partial charge in [0.15, 0.2) is 0 Å². The van der Waals surface area contributed by atoms with Crippen LogP contribution in [0.15, 0.2) is 48.8 Å². The normalized spacial score (nSPS) is 20.2. The summed E-state index contributed by atoms with van der Waals surface area (Å²) in [6.07, 6.45) is 5.99. The SMILES string of the molecule is CC[C@@H]1CC[C@@](C)(c2nccc(-c3ccn[nH]3)n2)c2nnc(-c3c(F)cccc3F)cc21. The van der Waals surface area contributed by atoms with E-state index in [1.807, 2.05) is 12.1 Å². The lowest BCUT2D eigenvalue weighted by Gasteiger charge is -2.37. The zero-order valence-electron chi connectivity index (χ0n) is 17.8. The molecule has 0 saturated carbocycles. The summed E-state index contributed by atoms with van der Waals surface area (Å²) in [7, 11) is 0. The molecule has 5 rings (SSSR count). The van der Waals surface area contributed by atoms with Gasteiger partial charge in [-0.3, -0.25) is 5.10 Å². The van der Waals surface area contributed by atoms with Gasteiger partial charge in [-0.05, 0) is 68.0 Å². The molecular formula is C24H22F2N6. The van der Waals surface area contributed by atoms with Crippen molar-refractivity contribution in [1.29, 1.82) is 0 Å². The summed E-state index contributed by atoms with van der Waals surface area (Å²) in [6, 6.07) is 9.27. The molecule has 2 atom stereocenters. The third-order valence-corrected chi connectivity index (χ3v) is 6.42. The number of hydrogen-bond donors (Lipinski definition) is 1. The Kier molecular flexibility index (Phi) is 5.00. The first-order valence-electron chi connectivity index (χ1n) is 10.7. The molecule has 32 heavy (non-hydrogen) atoms. The van der Waals surface area contributed by atoms with Gasteiger partial charge in [0.2, 0.25) is 0 Å². The van der Waals surface area contributed by atoms with E-state index < -0.39 is 17.0 Å². The molecule has 0 bridgehead atoms. The summed E-state index contributed by atoms with van der Waals surface area (Å²) in [5, 5.41) is 15.7. The van der Waals surface area contributed by atoms with E-state index in [1.165, 1.54) is 18.2 Å². The molecule has 8 heteroatoms. The third-order valence-electron chi connectivity index (χ3n) is 6.42. The average molecular weight is 432 g/mol. The Hall–Kier alpha value is -3.55. The molecule has 1 N–H and O–H groups in total. The quantitative estimate of drug-likeness (QED) is 0.480. The van der Waals surface area contributed by atoms with Crippen molar-refractivity contribution in [3.8, 4) is 22.6 Å². The number of aromatic amines is 1. The molecular weight excluding hydrogens is 410 g/mol. The second-order valence-electron chi connectivity index (χ2n) is 8.34. The molecule has 0 aliphatic heterocycles. The predicted molar refractivity (Wildman–Crippen MR) is 116 cm³/mol. The molecule has 1 aliphatic carbocycles. The van der Waals surface area contributed by atoms with Crippen molar-refractivity contribution in [2.24, 2.45) is 0 Å². The molecule has 0 radical (unpaired) electrons. The fraction of sp³-hybridized carbons (Fsp3) is 0.292. The minimum atomic E-state index is -0.651. The maximum Gasteiger partial charge on any atom is 0.140 e. The topological polar surface area (TPSA) is 80.2 Å². The minimum absolute atomic E-state index is 0.151. The highest BCUT2D eigenvalue weighted by Crippen LogP contribution is 2.46. The largest absolute Gasteiger partial charge is 0.276 e. The second kappa shape index (κ2) is 7.85. The van der Waals surface area contributed by atoms with Crippen LogP contribution in [0.5, 0.6) is 0 Å².